The predicted octanol–water partition coefficient (Wildman–Crippen LogP) is 2.45. The average molecular weight is 214 g/mol. The van der Waals surface area contributed by atoms with Gasteiger partial charge in [0.05, 0.1) is 0 Å². The molecule has 0 aromatic rings. The molecule has 14 heavy (non-hydrogen) atoms. The topological polar surface area (TPSA) is 47.6 Å². The lowest BCUT2D eigenvalue weighted by Gasteiger charge is -2.17. The lowest BCUT2D eigenvalue weighted by molar-refractivity contribution is -0.201. The molecule has 2 nitrogen and oxygen atoms in total. The molecule has 8 heteroatoms. The van der Waals surface area contributed by atoms with Gasteiger partial charge >= 0.3 is 11.8 Å². The fraction of sp³-hybridized carbons (Fsp3) is 0.333. The van der Waals surface area contributed by atoms with Gasteiger partial charge in [-0.2, -0.15) is 28.1 Å². The van der Waals surface area contributed by atoms with Crippen LogP contribution in [0.3, 0.4) is 0 Å². The minimum absolute atomic E-state index is 0.0823. The zero-order valence-electron chi connectivity index (χ0n) is 6.16. The molecule has 0 saturated carbocycles. The normalized spacial score (nSPS) is 17.4. The van der Waals surface area contributed by atoms with E-state index in [0.717, 1.165) is 0 Å². The summed E-state index contributed by atoms with van der Waals surface area (Å²) < 4.78 is 72.0. The number of nitriles is 2. The fourth-order valence-electron chi connectivity index (χ4n) is 0.437. The summed E-state index contributed by atoms with van der Waals surface area (Å²) >= 11 is 0. The first-order valence-electron chi connectivity index (χ1n) is 2.83. The van der Waals surface area contributed by atoms with Gasteiger partial charge in [0.25, 0.3) is 0 Å². The van der Waals surface area contributed by atoms with Crippen LogP contribution in [0.25, 0.3) is 0 Å². The van der Waals surface area contributed by atoms with Crippen molar-refractivity contribution in [2.75, 3.05) is 0 Å². The van der Waals surface area contributed by atoms with Crippen molar-refractivity contribution in [3.63, 3.8) is 0 Å². The number of hydrogen-bond donors (Lipinski definition) is 0. The summed E-state index contributed by atoms with van der Waals surface area (Å²) in [5, 5.41) is 15.4. The van der Waals surface area contributed by atoms with E-state index in [2.05, 4.69) is 0 Å². The Labute approximate surface area is 73.7 Å². The summed E-state index contributed by atoms with van der Waals surface area (Å²) in [6.07, 6.45) is -5.94. The van der Waals surface area contributed by atoms with E-state index >= 15 is 0 Å². The largest absolute Gasteiger partial charge is 0.443 e. The number of allylic oxidation sites excluding steroid dienone is 2. The number of hydrogen-bond acceptors (Lipinski definition) is 2. The van der Waals surface area contributed by atoms with E-state index in [1.54, 1.807) is 0 Å². The zero-order valence-corrected chi connectivity index (χ0v) is 6.16. The molecule has 0 radical (unpaired) electrons. The van der Waals surface area contributed by atoms with Crippen molar-refractivity contribution in [2.24, 2.45) is 0 Å². The van der Waals surface area contributed by atoms with Gasteiger partial charge in [0.1, 0.15) is 12.1 Å². The van der Waals surface area contributed by atoms with Crippen LogP contribution in [0.4, 0.5) is 26.3 Å². The maximum Gasteiger partial charge on any atom is 0.443 e. The Hall–Kier alpha value is -1.70. The van der Waals surface area contributed by atoms with Crippen LogP contribution in [0, 0.1) is 22.7 Å². The summed E-state index contributed by atoms with van der Waals surface area (Å²) in [5.74, 6) is -5.71. The molecule has 76 valence electrons. The lowest BCUT2D eigenvalue weighted by Crippen LogP contribution is -2.40. The van der Waals surface area contributed by atoms with Gasteiger partial charge in [-0.1, -0.05) is 0 Å². The summed E-state index contributed by atoms with van der Waals surface area (Å²) in [6.45, 7) is 0. The molecule has 0 fully saturated rings. The van der Waals surface area contributed by atoms with Crippen LogP contribution < -0.4 is 0 Å². The van der Waals surface area contributed by atoms with Crippen LogP contribution in [-0.2, 0) is 0 Å². The van der Waals surface area contributed by atoms with E-state index < -0.39 is 23.5 Å². The van der Waals surface area contributed by atoms with Gasteiger partial charge in [0.2, 0.25) is 11.7 Å². The summed E-state index contributed by atoms with van der Waals surface area (Å²) in [7, 11) is 0. The Morgan fingerprint density at radius 2 is 1.43 bits per heavy atom. The van der Waals surface area contributed by atoms with Crippen molar-refractivity contribution in [1.82, 2.24) is 0 Å². The van der Waals surface area contributed by atoms with Crippen molar-refractivity contribution < 1.29 is 26.3 Å². The molecule has 0 amide bonds. The van der Waals surface area contributed by atoms with Crippen molar-refractivity contribution in [2.45, 2.75) is 11.8 Å². The van der Waals surface area contributed by atoms with Crippen molar-refractivity contribution in [3.8, 4) is 12.1 Å². The molecule has 0 heterocycles. The molecule has 0 aliphatic heterocycles. The Morgan fingerprint density at radius 1 is 1.00 bits per heavy atom. The van der Waals surface area contributed by atoms with E-state index in [0.29, 0.717) is 6.07 Å². The van der Waals surface area contributed by atoms with E-state index in [-0.39, 0.29) is 6.07 Å². The first-order chi connectivity index (χ1) is 6.20. The minimum Gasteiger partial charge on any atom is -0.209 e. The molecule has 0 aromatic carbocycles. The highest BCUT2D eigenvalue weighted by atomic mass is 19.4. The first kappa shape index (κ1) is 12.3. The third-order valence-corrected chi connectivity index (χ3v) is 1.14. The quantitative estimate of drug-likeness (QED) is 0.497. The maximum absolute atomic E-state index is 12.5. The molecule has 1 atom stereocenters. The Balaban J connectivity index is 5.57. The number of rotatable bonds is 1. The fourth-order valence-corrected chi connectivity index (χ4v) is 0.437. The highest BCUT2D eigenvalue weighted by molar-refractivity contribution is 5.32. The van der Waals surface area contributed by atoms with Crippen LogP contribution in [-0.4, -0.2) is 11.8 Å². The molecule has 1 unspecified atom stereocenters. The number of halogens is 6. The third kappa shape index (κ3) is 1.79. The molecular formula is C6F6N2. The van der Waals surface area contributed by atoms with Gasteiger partial charge in [0, 0.05) is 0 Å². The Morgan fingerprint density at radius 3 is 1.64 bits per heavy atom. The van der Waals surface area contributed by atoms with Gasteiger partial charge < -0.3 is 0 Å². The standard InChI is InChI=1S/C6F6N2/c7-3(1-13)4(8)5(9,2-14)6(10,11)12. The van der Waals surface area contributed by atoms with E-state index in [9.17, 15) is 26.3 Å². The van der Waals surface area contributed by atoms with Crippen molar-refractivity contribution in [1.29, 1.82) is 10.5 Å². The van der Waals surface area contributed by atoms with Gasteiger partial charge in [-0.05, 0) is 0 Å². The highest BCUT2D eigenvalue weighted by Crippen LogP contribution is 2.41. The van der Waals surface area contributed by atoms with Gasteiger partial charge in [-0.25, -0.2) is 8.78 Å². The molecule has 0 aliphatic carbocycles. The summed E-state index contributed by atoms with van der Waals surface area (Å²) in [6, 6.07) is 0.241. The van der Waals surface area contributed by atoms with Crippen LogP contribution in [0.1, 0.15) is 0 Å². The van der Waals surface area contributed by atoms with Crippen LogP contribution >= 0.6 is 0 Å². The maximum atomic E-state index is 12.5. The molecule has 0 rings (SSSR count). The zero-order chi connectivity index (χ0) is 11.6. The van der Waals surface area contributed by atoms with Gasteiger partial charge in [-0.15, -0.1) is 0 Å². The van der Waals surface area contributed by atoms with E-state index in [4.69, 9.17) is 10.5 Å². The number of nitrogens with zero attached hydrogens (tertiary/aromatic N) is 2. The van der Waals surface area contributed by atoms with Crippen molar-refractivity contribution >= 4 is 0 Å². The first-order valence-corrected chi connectivity index (χ1v) is 2.83. The second-order valence-electron chi connectivity index (χ2n) is 2.01. The van der Waals surface area contributed by atoms with Gasteiger partial charge in [0.15, 0.2) is 0 Å². The summed E-state index contributed by atoms with van der Waals surface area (Å²) in [4.78, 5) is 0. The smallest absolute Gasteiger partial charge is 0.209 e. The molecule has 0 saturated heterocycles. The number of alkyl halides is 4. The average Bonchev–Trinajstić information content (AvgIpc) is 2.12. The third-order valence-electron chi connectivity index (χ3n) is 1.14. The molecule has 0 aromatic heterocycles. The molecule has 0 spiro atoms. The molecule has 0 aliphatic rings. The summed E-state index contributed by atoms with van der Waals surface area (Å²) in [5.41, 5.74) is -5.12. The monoisotopic (exact) mass is 214 g/mol. The van der Waals surface area contributed by atoms with Crippen molar-refractivity contribution in [3.05, 3.63) is 11.7 Å². The van der Waals surface area contributed by atoms with E-state index in [1.165, 1.54) is 0 Å². The Kier molecular flexibility index (Phi) is 3.15. The van der Waals surface area contributed by atoms with Crippen LogP contribution in [0.5, 0.6) is 0 Å². The van der Waals surface area contributed by atoms with Gasteiger partial charge in [-0.3, -0.25) is 0 Å². The van der Waals surface area contributed by atoms with Crippen LogP contribution in [0.15, 0.2) is 11.7 Å². The minimum atomic E-state index is -5.94. The SMILES string of the molecule is N#CC(F)=C(F)C(F)(C#N)C(F)(F)F. The van der Waals surface area contributed by atoms with E-state index in [1.807, 2.05) is 0 Å². The van der Waals surface area contributed by atoms with Crippen LogP contribution in [0.2, 0.25) is 0 Å². The molecule has 0 N–H and O–H groups in total. The Bertz CT molecular complexity index is 343. The second kappa shape index (κ2) is 3.58. The molecule has 0 bridgehead atoms. The highest BCUT2D eigenvalue weighted by Gasteiger charge is 2.62. The lowest BCUT2D eigenvalue weighted by atomic mass is 10.1. The predicted molar refractivity (Wildman–Crippen MR) is 30.4 cm³/mol. The molecular weight excluding hydrogens is 214 g/mol. The second-order valence-corrected chi connectivity index (χ2v) is 2.01.